The number of aromatic nitrogens is 2. The van der Waals surface area contributed by atoms with Gasteiger partial charge >= 0.3 is 0 Å². The minimum atomic E-state index is -3.34. The van der Waals surface area contributed by atoms with Crippen LogP contribution in [-0.2, 0) is 21.2 Å². The normalized spacial score (nSPS) is 11.4. The van der Waals surface area contributed by atoms with Gasteiger partial charge in [-0.25, -0.2) is 13.1 Å². The summed E-state index contributed by atoms with van der Waals surface area (Å²) in [7, 11) is -3.34. The van der Waals surface area contributed by atoms with Crippen LogP contribution in [0.15, 0.2) is 41.3 Å². The van der Waals surface area contributed by atoms with Crippen LogP contribution in [0.2, 0.25) is 0 Å². The first-order valence-corrected chi connectivity index (χ1v) is 9.19. The molecule has 1 amide bonds. The second kappa shape index (κ2) is 7.41. The number of carbonyl (C=O) groups is 1. The molecule has 2 aromatic rings. The quantitative estimate of drug-likeness (QED) is 0.842. The summed E-state index contributed by atoms with van der Waals surface area (Å²) in [5, 5.41) is 7.02. The number of hydrogen-bond acceptors (Lipinski definition) is 4. The first-order valence-electron chi connectivity index (χ1n) is 7.54. The van der Waals surface area contributed by atoms with Crippen LogP contribution in [0, 0.1) is 6.92 Å². The predicted molar refractivity (Wildman–Crippen MR) is 89.0 cm³/mol. The van der Waals surface area contributed by atoms with Gasteiger partial charge in [0.2, 0.25) is 5.91 Å². The molecule has 2 rings (SSSR count). The molecule has 0 aliphatic rings. The Balaban J connectivity index is 1.88. The summed E-state index contributed by atoms with van der Waals surface area (Å²) < 4.78 is 26.0. The molecule has 7 heteroatoms. The molecule has 1 N–H and O–H groups in total. The fourth-order valence-corrected chi connectivity index (χ4v) is 3.59. The molecule has 0 aliphatic carbocycles. The van der Waals surface area contributed by atoms with Crippen LogP contribution >= 0.6 is 0 Å². The number of nitrogens with one attached hydrogen (secondary N) is 1. The molecule has 6 nitrogen and oxygen atoms in total. The van der Waals surface area contributed by atoms with E-state index in [1.54, 1.807) is 41.1 Å². The Morgan fingerprint density at radius 2 is 1.96 bits per heavy atom. The summed E-state index contributed by atoms with van der Waals surface area (Å²) in [6.07, 6.45) is 0.433. The summed E-state index contributed by atoms with van der Waals surface area (Å²) in [6, 6.07) is 10.1. The van der Waals surface area contributed by atoms with E-state index in [1.807, 2.05) is 13.8 Å². The molecule has 124 valence electrons. The molecule has 0 aliphatic heterocycles. The zero-order chi connectivity index (χ0) is 16.9. The first-order chi connectivity index (χ1) is 10.9. The number of hydrogen-bond donors (Lipinski definition) is 1. The lowest BCUT2D eigenvalue weighted by molar-refractivity contribution is -0.116. The van der Waals surface area contributed by atoms with Gasteiger partial charge in [-0.15, -0.1) is 0 Å². The van der Waals surface area contributed by atoms with Gasteiger partial charge in [0, 0.05) is 19.0 Å². The third-order valence-corrected chi connectivity index (χ3v) is 5.20. The van der Waals surface area contributed by atoms with Gasteiger partial charge in [-0.05, 0) is 32.4 Å². The SMILES string of the molecule is CCn1nc(C)cc1NC(=O)CCCS(=O)(=O)c1ccccc1. The standard InChI is InChI=1S/C16H21N3O3S/c1-3-19-15(12-13(2)18-19)17-16(20)10-7-11-23(21,22)14-8-5-4-6-9-14/h4-6,8-9,12H,3,7,10-11H2,1-2H3,(H,17,20). The van der Waals surface area contributed by atoms with Crippen molar-refractivity contribution in [3.8, 4) is 0 Å². The maximum absolute atomic E-state index is 12.1. The van der Waals surface area contributed by atoms with Crippen LogP contribution in [0.4, 0.5) is 5.82 Å². The van der Waals surface area contributed by atoms with Crippen molar-refractivity contribution in [1.29, 1.82) is 0 Å². The van der Waals surface area contributed by atoms with Gasteiger partial charge in [-0.2, -0.15) is 5.10 Å². The lowest BCUT2D eigenvalue weighted by Crippen LogP contribution is -2.16. The largest absolute Gasteiger partial charge is 0.311 e. The van der Waals surface area contributed by atoms with Gasteiger partial charge in [-0.1, -0.05) is 18.2 Å². The Labute approximate surface area is 136 Å². The Kier molecular flexibility index (Phi) is 5.54. The minimum absolute atomic E-state index is 0.0451. The number of rotatable bonds is 7. The molecule has 0 unspecified atom stereocenters. The molecule has 1 heterocycles. The third kappa shape index (κ3) is 4.66. The number of carbonyl (C=O) groups excluding carboxylic acids is 1. The van der Waals surface area contributed by atoms with Gasteiger partial charge < -0.3 is 5.32 Å². The van der Waals surface area contributed by atoms with Crippen molar-refractivity contribution in [3.63, 3.8) is 0 Å². The fourth-order valence-electron chi connectivity index (χ4n) is 2.26. The van der Waals surface area contributed by atoms with Crippen molar-refractivity contribution >= 4 is 21.6 Å². The van der Waals surface area contributed by atoms with Crippen LogP contribution in [0.1, 0.15) is 25.5 Å². The topological polar surface area (TPSA) is 81.1 Å². The van der Waals surface area contributed by atoms with Gasteiger partial charge in [0.1, 0.15) is 5.82 Å². The molecule has 0 bridgehead atoms. The molecule has 0 spiro atoms. The molecule has 1 aromatic carbocycles. The third-order valence-electron chi connectivity index (χ3n) is 3.39. The first kappa shape index (κ1) is 17.2. The van der Waals surface area contributed by atoms with Crippen molar-refractivity contribution < 1.29 is 13.2 Å². The molecule has 0 atom stereocenters. The number of anilines is 1. The summed E-state index contributed by atoms with van der Waals surface area (Å²) in [5.41, 5.74) is 0.828. The average molecular weight is 335 g/mol. The highest BCUT2D eigenvalue weighted by atomic mass is 32.2. The van der Waals surface area contributed by atoms with Crippen molar-refractivity contribution in [2.45, 2.75) is 38.1 Å². The summed E-state index contributed by atoms with van der Waals surface area (Å²) in [6.45, 7) is 4.45. The number of amides is 1. The molecule has 1 aromatic heterocycles. The lowest BCUT2D eigenvalue weighted by Gasteiger charge is -2.07. The van der Waals surface area contributed by atoms with Crippen molar-refractivity contribution in [2.75, 3.05) is 11.1 Å². The summed E-state index contributed by atoms with van der Waals surface area (Å²) in [4.78, 5) is 12.3. The van der Waals surface area contributed by atoms with E-state index in [2.05, 4.69) is 10.4 Å². The van der Waals surface area contributed by atoms with Gasteiger partial charge in [-0.3, -0.25) is 4.79 Å². The number of benzene rings is 1. The Morgan fingerprint density at radius 3 is 2.61 bits per heavy atom. The fraction of sp³-hybridized carbons (Fsp3) is 0.375. The van der Waals surface area contributed by atoms with Crippen LogP contribution < -0.4 is 5.32 Å². The molecule has 0 radical (unpaired) electrons. The van der Waals surface area contributed by atoms with Crippen LogP contribution in [0.3, 0.4) is 0 Å². The predicted octanol–water partition coefficient (Wildman–Crippen LogP) is 2.40. The van der Waals surface area contributed by atoms with E-state index in [-0.39, 0.29) is 24.5 Å². The molecule has 0 saturated carbocycles. The van der Waals surface area contributed by atoms with Crippen molar-refractivity contribution in [2.24, 2.45) is 0 Å². The second-order valence-corrected chi connectivity index (χ2v) is 7.38. The Bertz CT molecular complexity index is 767. The maximum atomic E-state index is 12.1. The summed E-state index contributed by atoms with van der Waals surface area (Å²) >= 11 is 0. The van der Waals surface area contributed by atoms with Crippen LogP contribution in [0.5, 0.6) is 0 Å². The Morgan fingerprint density at radius 1 is 1.26 bits per heavy atom. The van der Waals surface area contributed by atoms with E-state index in [4.69, 9.17) is 0 Å². The highest BCUT2D eigenvalue weighted by molar-refractivity contribution is 7.91. The van der Waals surface area contributed by atoms with Gasteiger partial charge in [0.05, 0.1) is 16.3 Å². The zero-order valence-electron chi connectivity index (χ0n) is 13.3. The van der Waals surface area contributed by atoms with E-state index in [1.165, 1.54) is 0 Å². The van der Waals surface area contributed by atoms with E-state index in [0.717, 1.165) is 5.69 Å². The highest BCUT2D eigenvalue weighted by Gasteiger charge is 2.15. The van der Waals surface area contributed by atoms with Crippen LogP contribution in [0.25, 0.3) is 0 Å². The van der Waals surface area contributed by atoms with E-state index < -0.39 is 9.84 Å². The monoisotopic (exact) mass is 335 g/mol. The maximum Gasteiger partial charge on any atom is 0.225 e. The van der Waals surface area contributed by atoms with E-state index in [9.17, 15) is 13.2 Å². The van der Waals surface area contributed by atoms with E-state index in [0.29, 0.717) is 17.3 Å². The van der Waals surface area contributed by atoms with Gasteiger partial charge in [0.25, 0.3) is 0 Å². The number of sulfone groups is 1. The number of aryl methyl sites for hydroxylation is 2. The zero-order valence-corrected chi connectivity index (χ0v) is 14.1. The van der Waals surface area contributed by atoms with Crippen molar-refractivity contribution in [3.05, 3.63) is 42.1 Å². The molecule has 0 saturated heterocycles. The van der Waals surface area contributed by atoms with Crippen LogP contribution in [-0.4, -0.2) is 29.9 Å². The second-order valence-electron chi connectivity index (χ2n) is 5.27. The average Bonchev–Trinajstić information content (AvgIpc) is 2.87. The smallest absolute Gasteiger partial charge is 0.225 e. The lowest BCUT2D eigenvalue weighted by atomic mass is 10.3. The molecule has 0 fully saturated rings. The molecular weight excluding hydrogens is 314 g/mol. The minimum Gasteiger partial charge on any atom is -0.311 e. The van der Waals surface area contributed by atoms with E-state index >= 15 is 0 Å². The highest BCUT2D eigenvalue weighted by Crippen LogP contribution is 2.13. The molecular formula is C16H21N3O3S. The Hall–Kier alpha value is -2.15. The molecule has 23 heavy (non-hydrogen) atoms. The van der Waals surface area contributed by atoms with Crippen molar-refractivity contribution in [1.82, 2.24) is 9.78 Å². The summed E-state index contributed by atoms with van der Waals surface area (Å²) in [5.74, 6) is 0.389. The number of nitrogens with zero attached hydrogens (tertiary/aromatic N) is 2. The van der Waals surface area contributed by atoms with Gasteiger partial charge in [0.15, 0.2) is 9.84 Å².